The van der Waals surface area contributed by atoms with Gasteiger partial charge in [0.15, 0.2) is 5.11 Å². The minimum Gasteiger partial charge on any atom is -0.478 e. The van der Waals surface area contributed by atoms with Crippen molar-refractivity contribution in [1.29, 1.82) is 0 Å². The first kappa shape index (κ1) is 25.2. The van der Waals surface area contributed by atoms with Gasteiger partial charge in [-0.05, 0) is 67.7 Å². The predicted molar refractivity (Wildman–Crippen MR) is 148 cm³/mol. The number of aromatic carboxylic acids is 1. The minimum atomic E-state index is -1.01. The van der Waals surface area contributed by atoms with Gasteiger partial charge in [0, 0.05) is 30.4 Å². The van der Waals surface area contributed by atoms with Gasteiger partial charge in [-0.15, -0.1) is 0 Å². The summed E-state index contributed by atoms with van der Waals surface area (Å²) in [4.78, 5) is 30.7. The van der Waals surface area contributed by atoms with Crippen molar-refractivity contribution in [2.75, 3.05) is 11.9 Å². The molecule has 1 saturated heterocycles. The second-order valence-electron chi connectivity index (χ2n) is 9.07. The second kappa shape index (κ2) is 10.9. The molecule has 3 N–H and O–H groups in total. The molecule has 2 aromatic heterocycles. The fourth-order valence-electron chi connectivity index (χ4n) is 4.51. The molecule has 1 fully saturated rings. The average Bonchev–Trinajstić information content (AvgIpc) is 3.54. The molecule has 4 aromatic rings. The van der Waals surface area contributed by atoms with Gasteiger partial charge >= 0.3 is 5.97 Å². The van der Waals surface area contributed by atoms with Crippen LogP contribution in [0.3, 0.4) is 0 Å². The molecule has 2 unspecified atom stereocenters. The molecule has 38 heavy (non-hydrogen) atoms. The minimum absolute atomic E-state index is 0.123. The predicted octanol–water partition coefficient (Wildman–Crippen LogP) is 5.35. The standard InChI is InChI=1S/C29H26N4O4S/c1-18-8-10-21(11-9-18)31-25(34)14-16-33-27(26(32-29(33)38)22-7-2-3-15-30-22)24-13-12-23(37-24)19-5-4-6-20(17-19)28(35)36/h2-13,15,17,26-27H,14,16H2,1H3,(H,31,34)(H,32,38)(H,35,36). The average molecular weight is 527 g/mol. The molecule has 0 saturated carbocycles. The molecule has 8 nitrogen and oxygen atoms in total. The van der Waals surface area contributed by atoms with Crippen LogP contribution < -0.4 is 10.6 Å². The van der Waals surface area contributed by atoms with Gasteiger partial charge in [0.25, 0.3) is 0 Å². The SMILES string of the molecule is Cc1ccc(NC(=O)CCN2C(=S)NC(c3ccccn3)C2c2ccc(-c3cccc(C(=O)O)c3)o2)cc1. The number of benzene rings is 2. The molecule has 5 rings (SSSR count). The van der Waals surface area contributed by atoms with E-state index in [1.165, 1.54) is 6.07 Å². The maximum Gasteiger partial charge on any atom is 0.335 e. The number of anilines is 1. The number of aryl methyl sites for hydroxylation is 1. The molecule has 3 heterocycles. The summed E-state index contributed by atoms with van der Waals surface area (Å²) in [6.07, 6.45) is 1.94. The lowest BCUT2D eigenvalue weighted by Gasteiger charge is -2.25. The molecule has 0 spiro atoms. The Bertz CT molecular complexity index is 1470. The van der Waals surface area contributed by atoms with Gasteiger partial charge < -0.3 is 25.1 Å². The lowest BCUT2D eigenvalue weighted by Crippen LogP contribution is -2.32. The number of nitrogens with one attached hydrogen (secondary N) is 2. The third-order valence-electron chi connectivity index (χ3n) is 6.43. The van der Waals surface area contributed by atoms with Gasteiger partial charge in [-0.1, -0.05) is 35.9 Å². The van der Waals surface area contributed by atoms with Crippen LogP contribution in [0, 0.1) is 6.92 Å². The zero-order valence-corrected chi connectivity index (χ0v) is 21.4. The summed E-state index contributed by atoms with van der Waals surface area (Å²) >= 11 is 5.69. The van der Waals surface area contributed by atoms with E-state index < -0.39 is 5.97 Å². The van der Waals surface area contributed by atoms with Crippen molar-refractivity contribution in [2.24, 2.45) is 0 Å². The van der Waals surface area contributed by atoms with Crippen molar-refractivity contribution in [3.63, 3.8) is 0 Å². The van der Waals surface area contributed by atoms with E-state index in [0.29, 0.717) is 28.7 Å². The van der Waals surface area contributed by atoms with E-state index in [-0.39, 0.29) is 30.0 Å². The highest BCUT2D eigenvalue weighted by atomic mass is 32.1. The fourth-order valence-corrected chi connectivity index (χ4v) is 4.84. The monoisotopic (exact) mass is 526 g/mol. The van der Waals surface area contributed by atoms with E-state index in [1.54, 1.807) is 24.4 Å². The number of carbonyl (C=O) groups is 2. The molecular weight excluding hydrogens is 500 g/mol. The van der Waals surface area contributed by atoms with Crippen molar-refractivity contribution in [2.45, 2.75) is 25.4 Å². The smallest absolute Gasteiger partial charge is 0.335 e. The number of nitrogens with zero attached hydrogens (tertiary/aromatic N) is 2. The van der Waals surface area contributed by atoms with Crippen molar-refractivity contribution >= 4 is 34.9 Å². The van der Waals surface area contributed by atoms with Gasteiger partial charge in [-0.2, -0.15) is 0 Å². The fraction of sp³-hybridized carbons (Fsp3) is 0.172. The molecule has 192 valence electrons. The summed E-state index contributed by atoms with van der Waals surface area (Å²) in [5.41, 5.74) is 3.48. The molecular formula is C29H26N4O4S. The molecule has 1 aliphatic rings. The zero-order chi connectivity index (χ0) is 26.6. The molecule has 1 aliphatic heterocycles. The summed E-state index contributed by atoms with van der Waals surface area (Å²) < 4.78 is 6.27. The van der Waals surface area contributed by atoms with E-state index in [4.69, 9.17) is 16.6 Å². The summed E-state index contributed by atoms with van der Waals surface area (Å²) in [5.74, 6) is 0.0389. The van der Waals surface area contributed by atoms with Crippen LogP contribution >= 0.6 is 12.2 Å². The number of amides is 1. The van der Waals surface area contributed by atoms with Crippen LogP contribution in [0.4, 0.5) is 5.69 Å². The lowest BCUT2D eigenvalue weighted by atomic mass is 10.0. The maximum atomic E-state index is 12.7. The Kier molecular flexibility index (Phi) is 7.19. The summed E-state index contributed by atoms with van der Waals surface area (Å²) in [5, 5.41) is 16.1. The molecule has 9 heteroatoms. The van der Waals surface area contributed by atoms with E-state index >= 15 is 0 Å². The Morgan fingerprint density at radius 1 is 1.08 bits per heavy atom. The molecule has 0 bridgehead atoms. The number of carbonyl (C=O) groups excluding carboxylic acids is 1. The van der Waals surface area contributed by atoms with Crippen LogP contribution in [0.2, 0.25) is 0 Å². The summed E-state index contributed by atoms with van der Waals surface area (Å²) in [6, 6.07) is 22.9. The van der Waals surface area contributed by atoms with Crippen LogP contribution in [0.25, 0.3) is 11.3 Å². The highest BCUT2D eigenvalue weighted by Gasteiger charge is 2.41. The Morgan fingerprint density at radius 2 is 1.89 bits per heavy atom. The third-order valence-corrected chi connectivity index (χ3v) is 6.78. The molecule has 2 atom stereocenters. The highest BCUT2D eigenvalue weighted by Crippen LogP contribution is 2.40. The Morgan fingerprint density at radius 3 is 2.63 bits per heavy atom. The van der Waals surface area contributed by atoms with Gasteiger partial charge in [-0.3, -0.25) is 9.78 Å². The van der Waals surface area contributed by atoms with Crippen LogP contribution in [0.5, 0.6) is 0 Å². The third kappa shape index (κ3) is 5.42. The summed E-state index contributed by atoms with van der Waals surface area (Å²) in [6.45, 7) is 2.36. The molecule has 0 radical (unpaired) electrons. The van der Waals surface area contributed by atoms with Crippen molar-refractivity contribution in [3.05, 3.63) is 108 Å². The van der Waals surface area contributed by atoms with Gasteiger partial charge in [0.1, 0.15) is 17.6 Å². The zero-order valence-electron chi connectivity index (χ0n) is 20.6. The number of hydrogen-bond donors (Lipinski definition) is 3. The lowest BCUT2D eigenvalue weighted by molar-refractivity contribution is -0.116. The molecule has 1 amide bonds. The first-order valence-electron chi connectivity index (χ1n) is 12.2. The van der Waals surface area contributed by atoms with E-state index in [1.807, 2.05) is 66.4 Å². The van der Waals surface area contributed by atoms with Gasteiger partial charge in [0.2, 0.25) is 5.91 Å². The number of pyridine rings is 1. The highest BCUT2D eigenvalue weighted by molar-refractivity contribution is 7.80. The van der Waals surface area contributed by atoms with Crippen LogP contribution in [0.15, 0.2) is 89.5 Å². The normalized spacial score (nSPS) is 16.8. The summed E-state index contributed by atoms with van der Waals surface area (Å²) in [7, 11) is 0. The number of furan rings is 1. The second-order valence-corrected chi connectivity index (χ2v) is 9.46. The van der Waals surface area contributed by atoms with Crippen LogP contribution in [-0.4, -0.2) is 38.5 Å². The number of thiocarbonyl (C=S) groups is 1. The quantitative estimate of drug-likeness (QED) is 0.264. The number of hydrogen-bond acceptors (Lipinski definition) is 5. The number of carboxylic acids is 1. The molecule has 0 aliphatic carbocycles. The van der Waals surface area contributed by atoms with Crippen molar-refractivity contribution < 1.29 is 19.1 Å². The number of carboxylic acid groups (broad SMARTS) is 1. The Hall–Kier alpha value is -4.50. The van der Waals surface area contributed by atoms with Gasteiger partial charge in [0.05, 0.1) is 17.3 Å². The van der Waals surface area contributed by atoms with E-state index in [2.05, 4.69) is 15.6 Å². The maximum absolute atomic E-state index is 12.7. The molecule has 2 aromatic carbocycles. The van der Waals surface area contributed by atoms with E-state index in [0.717, 1.165) is 16.9 Å². The topological polar surface area (TPSA) is 108 Å². The van der Waals surface area contributed by atoms with Crippen molar-refractivity contribution in [3.8, 4) is 11.3 Å². The largest absolute Gasteiger partial charge is 0.478 e. The van der Waals surface area contributed by atoms with Crippen molar-refractivity contribution in [1.82, 2.24) is 15.2 Å². The van der Waals surface area contributed by atoms with Crippen LogP contribution in [-0.2, 0) is 4.79 Å². The Balaban J connectivity index is 1.40. The number of rotatable bonds is 8. The first-order valence-corrected chi connectivity index (χ1v) is 12.6. The first-order chi connectivity index (χ1) is 18.4. The van der Waals surface area contributed by atoms with Crippen LogP contribution in [0.1, 0.15) is 45.9 Å². The Labute approximate surface area is 225 Å². The number of aromatic nitrogens is 1. The van der Waals surface area contributed by atoms with Gasteiger partial charge in [-0.25, -0.2) is 4.79 Å². The van der Waals surface area contributed by atoms with E-state index in [9.17, 15) is 14.7 Å².